The zero-order chi connectivity index (χ0) is 10.5. The number of hydrogen-bond acceptors (Lipinski definition) is 0. The first-order valence-electron chi connectivity index (χ1n) is 7.14. The lowest BCUT2D eigenvalue weighted by Gasteiger charge is -2.51. The molecule has 0 saturated heterocycles. The van der Waals surface area contributed by atoms with Gasteiger partial charge in [0, 0.05) is 0 Å². The minimum Gasteiger partial charge on any atom is -0.0651 e. The van der Waals surface area contributed by atoms with Crippen LogP contribution in [0.15, 0.2) is 0 Å². The van der Waals surface area contributed by atoms with Gasteiger partial charge < -0.3 is 0 Å². The van der Waals surface area contributed by atoms with Gasteiger partial charge in [0.2, 0.25) is 0 Å². The predicted molar refractivity (Wildman–Crippen MR) is 62.3 cm³/mol. The quantitative estimate of drug-likeness (QED) is 0.609. The molecule has 0 heterocycles. The summed E-state index contributed by atoms with van der Waals surface area (Å²) in [6.45, 7) is 10.1. The summed E-state index contributed by atoms with van der Waals surface area (Å²) in [5.74, 6) is 8.88. The highest BCUT2D eigenvalue weighted by Crippen LogP contribution is 2.85. The molecule has 0 aromatic carbocycles. The van der Waals surface area contributed by atoms with Crippen LogP contribution in [0.5, 0.6) is 0 Å². The molecule has 5 saturated carbocycles. The largest absolute Gasteiger partial charge is 0.0651 e. The van der Waals surface area contributed by atoms with Crippen LogP contribution in [0.25, 0.3) is 0 Å². The Hall–Kier alpha value is 0. The fourth-order valence-corrected chi connectivity index (χ4v) is 7.00. The van der Waals surface area contributed by atoms with Crippen molar-refractivity contribution in [1.29, 1.82) is 0 Å². The fraction of sp³-hybridized carbons (Fsp3) is 1.00. The van der Waals surface area contributed by atoms with Crippen molar-refractivity contribution in [3.8, 4) is 0 Å². The molecule has 0 aliphatic heterocycles. The van der Waals surface area contributed by atoms with E-state index in [-0.39, 0.29) is 0 Å². The Balaban J connectivity index is 1.75. The second kappa shape index (κ2) is 2.31. The zero-order valence-corrected chi connectivity index (χ0v) is 10.5. The first kappa shape index (κ1) is 9.07. The van der Waals surface area contributed by atoms with E-state index in [1.165, 1.54) is 6.42 Å². The van der Waals surface area contributed by atoms with Gasteiger partial charge in [0.05, 0.1) is 0 Å². The lowest BCUT2D eigenvalue weighted by molar-refractivity contribution is -0.0281. The molecule has 2 bridgehead atoms. The highest BCUT2D eigenvalue weighted by molar-refractivity contribution is 5.28. The van der Waals surface area contributed by atoms with E-state index in [1.54, 1.807) is 6.42 Å². The first-order valence-corrected chi connectivity index (χ1v) is 7.14. The lowest BCUT2D eigenvalue weighted by Crippen LogP contribution is -2.45. The van der Waals surface area contributed by atoms with E-state index in [0.29, 0.717) is 0 Å². The third kappa shape index (κ3) is 0.666. The van der Waals surface area contributed by atoms with Gasteiger partial charge in [-0.15, -0.1) is 0 Å². The second-order valence-electron chi connectivity index (χ2n) is 7.17. The maximum Gasteiger partial charge on any atom is -0.0204 e. The van der Waals surface area contributed by atoms with Gasteiger partial charge in [0.15, 0.2) is 0 Å². The molecule has 0 radical (unpaired) electrons. The predicted octanol–water partition coefficient (Wildman–Crippen LogP) is 3.82. The van der Waals surface area contributed by atoms with Crippen LogP contribution in [0.2, 0.25) is 0 Å². The molecular weight excluding hydrogens is 180 g/mol. The molecule has 15 heavy (non-hydrogen) atoms. The number of rotatable bonds is 1. The molecule has 0 N–H and O–H groups in total. The van der Waals surface area contributed by atoms with Crippen LogP contribution < -0.4 is 0 Å². The molecule has 5 rings (SSSR count). The minimum absolute atomic E-state index is 0.838. The van der Waals surface area contributed by atoms with E-state index in [0.717, 1.165) is 52.8 Å². The average molecular weight is 204 g/mol. The summed E-state index contributed by atoms with van der Waals surface area (Å²) in [7, 11) is 0. The van der Waals surface area contributed by atoms with Crippen molar-refractivity contribution >= 4 is 0 Å². The van der Waals surface area contributed by atoms with Crippen LogP contribution in [-0.2, 0) is 0 Å². The normalized spacial score (nSPS) is 73.6. The molecule has 9 atom stereocenters. The van der Waals surface area contributed by atoms with E-state index in [4.69, 9.17) is 0 Å². The SMILES string of the molecule is CCC1C2C1C1C(C)C3CC1(C3C)C2C. The lowest BCUT2D eigenvalue weighted by atomic mass is 9.54. The molecule has 84 valence electrons. The molecule has 0 aromatic rings. The van der Waals surface area contributed by atoms with Gasteiger partial charge in [-0.2, -0.15) is 0 Å². The van der Waals surface area contributed by atoms with Gasteiger partial charge in [-0.05, 0) is 59.2 Å². The second-order valence-corrected chi connectivity index (χ2v) is 7.17. The summed E-state index contributed by atoms with van der Waals surface area (Å²) in [4.78, 5) is 0. The van der Waals surface area contributed by atoms with Crippen LogP contribution in [0.3, 0.4) is 0 Å². The Bertz CT molecular complexity index is 320. The van der Waals surface area contributed by atoms with E-state index in [1.807, 2.05) is 0 Å². The summed E-state index contributed by atoms with van der Waals surface area (Å²) in [5, 5.41) is 0. The van der Waals surface area contributed by atoms with Gasteiger partial charge in [-0.3, -0.25) is 0 Å². The maximum absolute atomic E-state index is 2.60. The van der Waals surface area contributed by atoms with E-state index < -0.39 is 0 Å². The Morgan fingerprint density at radius 3 is 2.40 bits per heavy atom. The van der Waals surface area contributed by atoms with E-state index in [9.17, 15) is 0 Å². The van der Waals surface area contributed by atoms with Gasteiger partial charge in [-0.1, -0.05) is 34.1 Å². The number of fused-ring (bicyclic) bond motifs is 1. The topological polar surface area (TPSA) is 0 Å². The van der Waals surface area contributed by atoms with Crippen LogP contribution in [0, 0.1) is 52.8 Å². The minimum atomic E-state index is 0.838. The van der Waals surface area contributed by atoms with Crippen molar-refractivity contribution in [2.24, 2.45) is 52.8 Å². The maximum atomic E-state index is 2.60. The average Bonchev–Trinajstić information content (AvgIpc) is 2.68. The molecule has 5 fully saturated rings. The van der Waals surface area contributed by atoms with Crippen molar-refractivity contribution in [2.45, 2.75) is 40.5 Å². The highest BCUT2D eigenvalue weighted by Gasteiger charge is 2.80. The van der Waals surface area contributed by atoms with E-state index in [2.05, 4.69) is 27.7 Å². The first-order chi connectivity index (χ1) is 7.14. The molecule has 0 amide bonds. The standard InChI is InChI=1S/C15H24/c1-5-10-12-9(4)15-6-11(8(15)3)7(2)14(15)13(10)12/h7-14H,5-6H2,1-4H3. The Kier molecular flexibility index (Phi) is 1.40. The molecule has 9 unspecified atom stereocenters. The summed E-state index contributed by atoms with van der Waals surface area (Å²) in [6.07, 6.45) is 3.06. The highest BCUT2D eigenvalue weighted by atomic mass is 14.8. The molecule has 0 heteroatoms. The van der Waals surface area contributed by atoms with Crippen molar-refractivity contribution in [2.75, 3.05) is 0 Å². The fourth-order valence-electron chi connectivity index (χ4n) is 7.00. The smallest absolute Gasteiger partial charge is 0.0204 e. The summed E-state index contributed by atoms with van der Waals surface area (Å²) in [5.41, 5.74) is 0.838. The van der Waals surface area contributed by atoms with E-state index >= 15 is 0 Å². The van der Waals surface area contributed by atoms with Crippen molar-refractivity contribution in [3.05, 3.63) is 0 Å². The summed E-state index contributed by atoms with van der Waals surface area (Å²) >= 11 is 0. The molecule has 0 nitrogen and oxygen atoms in total. The monoisotopic (exact) mass is 204 g/mol. The summed E-state index contributed by atoms with van der Waals surface area (Å²) in [6, 6.07) is 0. The Morgan fingerprint density at radius 1 is 1.07 bits per heavy atom. The zero-order valence-electron chi connectivity index (χ0n) is 10.5. The van der Waals surface area contributed by atoms with Crippen LogP contribution in [-0.4, -0.2) is 0 Å². The third-order valence-electron chi connectivity index (χ3n) is 7.55. The Labute approximate surface area is 93.8 Å². The van der Waals surface area contributed by atoms with Crippen molar-refractivity contribution in [1.82, 2.24) is 0 Å². The van der Waals surface area contributed by atoms with Gasteiger partial charge >= 0.3 is 0 Å². The molecule has 5 aliphatic carbocycles. The molecule has 5 aliphatic rings. The van der Waals surface area contributed by atoms with Crippen molar-refractivity contribution in [3.63, 3.8) is 0 Å². The van der Waals surface area contributed by atoms with Gasteiger partial charge in [0.25, 0.3) is 0 Å². The van der Waals surface area contributed by atoms with Crippen molar-refractivity contribution < 1.29 is 0 Å². The van der Waals surface area contributed by atoms with Gasteiger partial charge in [-0.25, -0.2) is 0 Å². The van der Waals surface area contributed by atoms with Crippen LogP contribution in [0.4, 0.5) is 0 Å². The molecular formula is C15H24. The molecule has 0 aromatic heterocycles. The summed E-state index contributed by atoms with van der Waals surface area (Å²) < 4.78 is 0. The third-order valence-corrected chi connectivity index (χ3v) is 7.55. The van der Waals surface area contributed by atoms with Gasteiger partial charge in [0.1, 0.15) is 0 Å². The Morgan fingerprint density at radius 2 is 1.80 bits per heavy atom. The van der Waals surface area contributed by atoms with Crippen LogP contribution >= 0.6 is 0 Å². The molecule has 1 spiro atoms. The van der Waals surface area contributed by atoms with Crippen LogP contribution in [0.1, 0.15) is 40.5 Å². The number of hydrogen-bond donors (Lipinski definition) is 0.